The van der Waals surface area contributed by atoms with E-state index in [4.69, 9.17) is 4.74 Å². The Hall–Kier alpha value is -0.985. The number of methoxy groups -OCH3 is 1. The first-order chi connectivity index (χ1) is 4.74. The minimum atomic E-state index is 0.861. The standard InChI is InChI=1S/C7H10BNO/c1-5-7(10-2)3-6(8)4-9-5/h3-4H,8H2,1-2H3. The molecule has 0 aliphatic rings. The highest BCUT2D eigenvalue weighted by Crippen LogP contribution is 2.10. The Kier molecular flexibility index (Phi) is 1.95. The van der Waals surface area contributed by atoms with Crippen LogP contribution in [0, 0.1) is 6.92 Å². The largest absolute Gasteiger partial charge is 0.495 e. The van der Waals surface area contributed by atoms with Gasteiger partial charge in [-0.15, -0.1) is 0 Å². The zero-order chi connectivity index (χ0) is 7.56. The number of aryl methyl sites for hydroxylation is 1. The van der Waals surface area contributed by atoms with Crippen LogP contribution in [0.3, 0.4) is 0 Å². The van der Waals surface area contributed by atoms with Crippen molar-refractivity contribution in [3.8, 4) is 5.75 Å². The van der Waals surface area contributed by atoms with Crippen molar-refractivity contribution in [2.24, 2.45) is 0 Å². The number of nitrogens with zero attached hydrogens (tertiary/aromatic N) is 1. The second kappa shape index (κ2) is 2.73. The summed E-state index contributed by atoms with van der Waals surface area (Å²) in [6, 6.07) is 1.97. The molecule has 0 aromatic carbocycles. The number of hydrogen-bond donors (Lipinski definition) is 0. The predicted molar refractivity (Wildman–Crippen MR) is 43.7 cm³/mol. The minimum Gasteiger partial charge on any atom is -0.495 e. The zero-order valence-electron chi connectivity index (χ0n) is 6.51. The van der Waals surface area contributed by atoms with Gasteiger partial charge < -0.3 is 4.74 Å². The van der Waals surface area contributed by atoms with Gasteiger partial charge in [0.1, 0.15) is 13.6 Å². The Morgan fingerprint density at radius 1 is 1.60 bits per heavy atom. The summed E-state index contributed by atoms with van der Waals surface area (Å²) in [5, 5.41) is 0. The third kappa shape index (κ3) is 1.29. The predicted octanol–water partition coefficient (Wildman–Crippen LogP) is -0.343. The van der Waals surface area contributed by atoms with Crippen molar-refractivity contribution in [1.29, 1.82) is 0 Å². The van der Waals surface area contributed by atoms with Crippen LogP contribution in [0.15, 0.2) is 12.3 Å². The second-order valence-electron chi connectivity index (χ2n) is 2.30. The van der Waals surface area contributed by atoms with Gasteiger partial charge in [-0.3, -0.25) is 4.98 Å². The molecule has 0 saturated heterocycles. The molecule has 52 valence electrons. The summed E-state index contributed by atoms with van der Waals surface area (Å²) in [4.78, 5) is 4.12. The topological polar surface area (TPSA) is 22.1 Å². The van der Waals surface area contributed by atoms with Crippen LogP contribution >= 0.6 is 0 Å². The van der Waals surface area contributed by atoms with E-state index in [0.29, 0.717) is 0 Å². The second-order valence-corrected chi connectivity index (χ2v) is 2.30. The van der Waals surface area contributed by atoms with Crippen LogP contribution in [0.2, 0.25) is 0 Å². The van der Waals surface area contributed by atoms with E-state index in [1.165, 1.54) is 0 Å². The van der Waals surface area contributed by atoms with E-state index in [9.17, 15) is 0 Å². The van der Waals surface area contributed by atoms with Crippen molar-refractivity contribution in [2.75, 3.05) is 7.11 Å². The van der Waals surface area contributed by atoms with E-state index in [0.717, 1.165) is 16.9 Å². The molecule has 1 aromatic heterocycles. The molecule has 0 aliphatic carbocycles. The van der Waals surface area contributed by atoms with E-state index in [2.05, 4.69) is 4.98 Å². The maximum Gasteiger partial charge on any atom is 0.141 e. The lowest BCUT2D eigenvalue weighted by atomic mass is 9.98. The number of ether oxygens (including phenoxy) is 1. The van der Waals surface area contributed by atoms with Crippen LogP contribution < -0.4 is 10.2 Å². The molecule has 0 spiro atoms. The van der Waals surface area contributed by atoms with Crippen molar-refractivity contribution >= 4 is 13.3 Å². The lowest BCUT2D eigenvalue weighted by molar-refractivity contribution is 0.409. The van der Waals surface area contributed by atoms with Crippen LogP contribution in [0.4, 0.5) is 0 Å². The SMILES string of the molecule is Bc1cnc(C)c(OC)c1. The van der Waals surface area contributed by atoms with Gasteiger partial charge in [-0.05, 0) is 13.0 Å². The van der Waals surface area contributed by atoms with E-state index >= 15 is 0 Å². The van der Waals surface area contributed by atoms with E-state index < -0.39 is 0 Å². The van der Waals surface area contributed by atoms with Gasteiger partial charge in [-0.2, -0.15) is 0 Å². The Bertz CT molecular complexity index is 237. The maximum absolute atomic E-state index is 5.06. The molecule has 10 heavy (non-hydrogen) atoms. The first-order valence-electron chi connectivity index (χ1n) is 3.21. The van der Waals surface area contributed by atoms with Gasteiger partial charge in [0, 0.05) is 6.20 Å². The molecule has 1 aromatic rings. The summed E-state index contributed by atoms with van der Waals surface area (Å²) < 4.78 is 5.06. The molecule has 0 saturated carbocycles. The first kappa shape index (κ1) is 7.13. The van der Waals surface area contributed by atoms with E-state index in [-0.39, 0.29) is 0 Å². The fraction of sp³-hybridized carbons (Fsp3) is 0.286. The van der Waals surface area contributed by atoms with Crippen LogP contribution in [0.1, 0.15) is 5.69 Å². The average Bonchev–Trinajstić information content (AvgIpc) is 1.94. The highest BCUT2D eigenvalue weighted by molar-refractivity contribution is 6.32. The lowest BCUT2D eigenvalue weighted by Crippen LogP contribution is -2.05. The summed E-state index contributed by atoms with van der Waals surface area (Å²) in [6.45, 7) is 1.93. The van der Waals surface area contributed by atoms with Gasteiger partial charge >= 0.3 is 0 Å². The highest BCUT2D eigenvalue weighted by Gasteiger charge is 1.96. The Morgan fingerprint density at radius 3 is 2.80 bits per heavy atom. The van der Waals surface area contributed by atoms with E-state index in [1.54, 1.807) is 7.11 Å². The molecular formula is C7H10BNO. The van der Waals surface area contributed by atoms with Crippen molar-refractivity contribution in [1.82, 2.24) is 4.98 Å². The molecule has 3 heteroatoms. The third-order valence-corrected chi connectivity index (χ3v) is 1.40. The molecule has 0 radical (unpaired) electrons. The van der Waals surface area contributed by atoms with Crippen LogP contribution in [0.5, 0.6) is 5.75 Å². The summed E-state index contributed by atoms with van der Waals surface area (Å²) in [5.41, 5.74) is 2.07. The summed E-state index contributed by atoms with van der Waals surface area (Å²) in [7, 11) is 3.65. The highest BCUT2D eigenvalue weighted by atomic mass is 16.5. The van der Waals surface area contributed by atoms with Gasteiger partial charge in [-0.25, -0.2) is 0 Å². The first-order valence-corrected chi connectivity index (χ1v) is 3.21. The molecule has 0 N–H and O–H groups in total. The van der Waals surface area contributed by atoms with Crippen molar-refractivity contribution < 1.29 is 4.74 Å². The summed E-state index contributed by atoms with van der Waals surface area (Å²) in [6.07, 6.45) is 1.83. The zero-order valence-corrected chi connectivity index (χ0v) is 6.51. The lowest BCUT2D eigenvalue weighted by Gasteiger charge is -2.02. The number of pyridine rings is 1. The molecule has 0 amide bonds. The normalized spacial score (nSPS) is 9.40. The Balaban J connectivity index is 3.09. The molecule has 1 rings (SSSR count). The van der Waals surface area contributed by atoms with Gasteiger partial charge in [0.05, 0.1) is 12.8 Å². The van der Waals surface area contributed by atoms with E-state index in [1.807, 2.05) is 27.0 Å². The van der Waals surface area contributed by atoms with Gasteiger partial charge in [-0.1, -0.05) is 5.46 Å². The molecule has 0 unspecified atom stereocenters. The van der Waals surface area contributed by atoms with Crippen LogP contribution in [0.25, 0.3) is 0 Å². The van der Waals surface area contributed by atoms with Gasteiger partial charge in [0.2, 0.25) is 0 Å². The maximum atomic E-state index is 5.06. The Labute approximate surface area is 61.6 Å². The van der Waals surface area contributed by atoms with Crippen molar-refractivity contribution in [2.45, 2.75) is 6.92 Å². The van der Waals surface area contributed by atoms with Gasteiger partial charge in [0.25, 0.3) is 0 Å². The minimum absolute atomic E-state index is 0.861. The summed E-state index contributed by atoms with van der Waals surface area (Å²) >= 11 is 0. The molecule has 2 nitrogen and oxygen atoms in total. The van der Waals surface area contributed by atoms with Crippen LogP contribution in [-0.2, 0) is 0 Å². The molecule has 0 atom stereocenters. The number of rotatable bonds is 1. The van der Waals surface area contributed by atoms with Crippen LogP contribution in [-0.4, -0.2) is 19.9 Å². The Morgan fingerprint density at radius 2 is 2.30 bits per heavy atom. The monoisotopic (exact) mass is 135 g/mol. The molecule has 1 heterocycles. The summed E-state index contributed by atoms with van der Waals surface area (Å²) in [5.74, 6) is 0.861. The fourth-order valence-corrected chi connectivity index (χ4v) is 0.817. The number of hydrogen-bond acceptors (Lipinski definition) is 2. The van der Waals surface area contributed by atoms with Gasteiger partial charge in [0.15, 0.2) is 0 Å². The van der Waals surface area contributed by atoms with Crippen molar-refractivity contribution in [3.63, 3.8) is 0 Å². The van der Waals surface area contributed by atoms with Crippen molar-refractivity contribution in [3.05, 3.63) is 18.0 Å². The smallest absolute Gasteiger partial charge is 0.141 e. The molecular weight excluding hydrogens is 125 g/mol. The fourth-order valence-electron chi connectivity index (χ4n) is 0.817. The molecule has 0 aliphatic heterocycles. The average molecular weight is 135 g/mol. The number of aromatic nitrogens is 1. The third-order valence-electron chi connectivity index (χ3n) is 1.40. The molecule has 0 bridgehead atoms. The quantitative estimate of drug-likeness (QED) is 0.491. The molecule has 0 fully saturated rings.